The van der Waals surface area contributed by atoms with Gasteiger partial charge in [-0.15, -0.1) is 0 Å². The molecule has 2 rings (SSSR count). The van der Waals surface area contributed by atoms with Crippen LogP contribution in [0.15, 0.2) is 24.3 Å². The minimum absolute atomic E-state index is 0.217. The van der Waals surface area contributed by atoms with E-state index in [1.165, 1.54) is 11.1 Å². The van der Waals surface area contributed by atoms with Crippen molar-refractivity contribution < 1.29 is 0 Å². The minimum atomic E-state index is 0.217. The monoisotopic (exact) mass is 231 g/mol. The Labute approximate surface area is 105 Å². The van der Waals surface area contributed by atoms with Crippen molar-refractivity contribution in [2.75, 3.05) is 6.54 Å². The smallest absolute Gasteiger partial charge is 0.00375 e. The van der Waals surface area contributed by atoms with Crippen LogP contribution in [0.1, 0.15) is 51.7 Å². The Morgan fingerprint density at radius 1 is 1.18 bits per heavy atom. The Morgan fingerprint density at radius 3 is 2.24 bits per heavy atom. The Morgan fingerprint density at radius 2 is 1.76 bits per heavy atom. The molecule has 0 radical (unpaired) electrons. The van der Waals surface area contributed by atoms with Gasteiger partial charge in [-0.3, -0.25) is 0 Å². The maximum Gasteiger partial charge on any atom is -0.00375 e. The molecule has 2 N–H and O–H groups in total. The first-order valence-electron chi connectivity index (χ1n) is 6.59. The summed E-state index contributed by atoms with van der Waals surface area (Å²) >= 11 is 0. The summed E-state index contributed by atoms with van der Waals surface area (Å²) in [5.41, 5.74) is 9.48. The van der Waals surface area contributed by atoms with E-state index in [-0.39, 0.29) is 5.41 Å². The third-order valence-corrected chi connectivity index (χ3v) is 4.41. The molecule has 1 heteroatoms. The molecule has 0 aromatic heterocycles. The van der Waals surface area contributed by atoms with Gasteiger partial charge in [-0.2, -0.15) is 0 Å². The van der Waals surface area contributed by atoms with Crippen molar-refractivity contribution in [2.24, 2.45) is 17.1 Å². The standard InChI is InChI=1S/C16H25N/c1-15(2,3)12-9-7-6-8-11(12)14-13(10-17)16(14,4)5/h6-9,13-14H,10,17H2,1-5H3/t13-,14-/m1/s1. The fourth-order valence-corrected chi connectivity index (χ4v) is 3.25. The van der Waals surface area contributed by atoms with Gasteiger partial charge in [-0.25, -0.2) is 0 Å². The van der Waals surface area contributed by atoms with Crippen LogP contribution in [-0.4, -0.2) is 6.54 Å². The molecule has 1 saturated carbocycles. The second-order valence-corrected chi connectivity index (χ2v) is 6.98. The molecule has 0 bridgehead atoms. The van der Waals surface area contributed by atoms with Crippen LogP contribution in [0.4, 0.5) is 0 Å². The van der Waals surface area contributed by atoms with E-state index in [0.717, 1.165) is 6.54 Å². The van der Waals surface area contributed by atoms with E-state index >= 15 is 0 Å². The van der Waals surface area contributed by atoms with Crippen molar-refractivity contribution in [3.8, 4) is 0 Å². The molecule has 0 aliphatic heterocycles. The van der Waals surface area contributed by atoms with Gasteiger partial charge in [-0.05, 0) is 40.3 Å². The van der Waals surface area contributed by atoms with Crippen molar-refractivity contribution in [3.05, 3.63) is 35.4 Å². The molecule has 1 aromatic rings. The van der Waals surface area contributed by atoms with E-state index in [1.54, 1.807) is 0 Å². The van der Waals surface area contributed by atoms with E-state index in [4.69, 9.17) is 5.73 Å². The second kappa shape index (κ2) is 3.84. The number of rotatable bonds is 2. The Hall–Kier alpha value is -0.820. The zero-order valence-corrected chi connectivity index (χ0v) is 11.7. The first-order chi connectivity index (χ1) is 7.80. The van der Waals surface area contributed by atoms with Crippen LogP contribution >= 0.6 is 0 Å². The largest absolute Gasteiger partial charge is 0.330 e. The minimum Gasteiger partial charge on any atom is -0.330 e. The van der Waals surface area contributed by atoms with Gasteiger partial charge < -0.3 is 5.73 Å². The van der Waals surface area contributed by atoms with Gasteiger partial charge in [0.25, 0.3) is 0 Å². The molecule has 0 spiro atoms. The van der Waals surface area contributed by atoms with Crippen LogP contribution in [0.25, 0.3) is 0 Å². The van der Waals surface area contributed by atoms with Gasteiger partial charge >= 0.3 is 0 Å². The number of nitrogens with two attached hydrogens (primary N) is 1. The molecule has 1 aliphatic carbocycles. The van der Waals surface area contributed by atoms with E-state index in [2.05, 4.69) is 58.9 Å². The van der Waals surface area contributed by atoms with Crippen LogP contribution < -0.4 is 5.73 Å². The Balaban J connectivity index is 2.42. The molecule has 1 nitrogen and oxygen atoms in total. The van der Waals surface area contributed by atoms with Crippen molar-refractivity contribution in [1.82, 2.24) is 0 Å². The predicted octanol–water partition coefficient (Wildman–Crippen LogP) is 3.68. The fraction of sp³-hybridized carbons (Fsp3) is 0.625. The highest BCUT2D eigenvalue weighted by Gasteiger charge is 2.57. The zero-order valence-electron chi connectivity index (χ0n) is 11.7. The van der Waals surface area contributed by atoms with E-state index in [0.29, 0.717) is 17.3 Å². The maximum absolute atomic E-state index is 5.90. The lowest BCUT2D eigenvalue weighted by atomic mass is 9.81. The highest BCUT2D eigenvalue weighted by molar-refractivity contribution is 5.41. The highest BCUT2D eigenvalue weighted by atomic mass is 14.7. The molecule has 2 atom stereocenters. The maximum atomic E-state index is 5.90. The number of benzene rings is 1. The molecule has 0 unspecified atom stereocenters. The second-order valence-electron chi connectivity index (χ2n) is 6.98. The molecule has 0 heterocycles. The van der Waals surface area contributed by atoms with Crippen molar-refractivity contribution >= 4 is 0 Å². The average Bonchev–Trinajstić information content (AvgIpc) is 2.79. The summed E-state index contributed by atoms with van der Waals surface area (Å²) in [6.07, 6.45) is 0. The summed E-state index contributed by atoms with van der Waals surface area (Å²) < 4.78 is 0. The highest BCUT2D eigenvalue weighted by Crippen LogP contribution is 2.64. The Kier molecular flexibility index (Phi) is 2.86. The third kappa shape index (κ3) is 2.01. The van der Waals surface area contributed by atoms with Gasteiger partial charge in [0.05, 0.1) is 0 Å². The van der Waals surface area contributed by atoms with Gasteiger partial charge in [-0.1, -0.05) is 58.9 Å². The summed E-state index contributed by atoms with van der Waals surface area (Å²) in [6, 6.07) is 8.88. The van der Waals surface area contributed by atoms with Gasteiger partial charge in [0.15, 0.2) is 0 Å². The normalized spacial score (nSPS) is 26.9. The number of hydrogen-bond donors (Lipinski definition) is 1. The van der Waals surface area contributed by atoms with Crippen molar-refractivity contribution in [1.29, 1.82) is 0 Å². The van der Waals surface area contributed by atoms with Crippen LogP contribution in [-0.2, 0) is 5.41 Å². The molecule has 1 aromatic carbocycles. The summed E-state index contributed by atoms with van der Waals surface area (Å²) in [6.45, 7) is 12.4. The van der Waals surface area contributed by atoms with Gasteiger partial charge in [0.1, 0.15) is 0 Å². The fourth-order valence-electron chi connectivity index (χ4n) is 3.25. The van der Waals surface area contributed by atoms with Crippen LogP contribution in [0.3, 0.4) is 0 Å². The lowest BCUT2D eigenvalue weighted by Crippen LogP contribution is -2.14. The third-order valence-electron chi connectivity index (χ3n) is 4.41. The molecule has 94 valence electrons. The van der Waals surface area contributed by atoms with Crippen LogP contribution in [0.2, 0.25) is 0 Å². The van der Waals surface area contributed by atoms with Gasteiger partial charge in [0, 0.05) is 0 Å². The lowest BCUT2D eigenvalue weighted by molar-refractivity contribution is 0.551. The van der Waals surface area contributed by atoms with Gasteiger partial charge in [0.2, 0.25) is 0 Å². The molecule has 17 heavy (non-hydrogen) atoms. The van der Waals surface area contributed by atoms with Crippen LogP contribution in [0, 0.1) is 11.3 Å². The molecule has 0 amide bonds. The number of hydrogen-bond acceptors (Lipinski definition) is 1. The summed E-state index contributed by atoms with van der Waals surface area (Å²) in [7, 11) is 0. The quantitative estimate of drug-likeness (QED) is 0.825. The molecular weight excluding hydrogens is 206 g/mol. The van der Waals surface area contributed by atoms with E-state index in [1.807, 2.05) is 0 Å². The van der Waals surface area contributed by atoms with Crippen molar-refractivity contribution in [3.63, 3.8) is 0 Å². The first-order valence-corrected chi connectivity index (χ1v) is 6.59. The first kappa shape index (κ1) is 12.6. The van der Waals surface area contributed by atoms with Crippen molar-refractivity contribution in [2.45, 2.75) is 46.0 Å². The summed E-state index contributed by atoms with van der Waals surface area (Å²) in [4.78, 5) is 0. The topological polar surface area (TPSA) is 26.0 Å². The SMILES string of the molecule is CC(C)(C)c1ccccc1[C@@H]1[C@@H](CN)C1(C)C. The van der Waals surface area contributed by atoms with Crippen LogP contribution in [0.5, 0.6) is 0 Å². The molecule has 1 aliphatic rings. The van der Waals surface area contributed by atoms with E-state index in [9.17, 15) is 0 Å². The zero-order chi connectivity index (χ0) is 12.8. The predicted molar refractivity (Wildman–Crippen MR) is 74.2 cm³/mol. The molecule has 1 fully saturated rings. The Bertz CT molecular complexity index is 412. The average molecular weight is 231 g/mol. The molecule has 0 saturated heterocycles. The summed E-state index contributed by atoms with van der Waals surface area (Å²) in [5.74, 6) is 1.29. The summed E-state index contributed by atoms with van der Waals surface area (Å²) in [5, 5.41) is 0. The van der Waals surface area contributed by atoms with E-state index < -0.39 is 0 Å². The lowest BCUT2D eigenvalue weighted by Gasteiger charge is -2.23. The molecular formula is C16H25N.